The average Bonchev–Trinajstić information content (AvgIpc) is 1.46. The van der Waals surface area contributed by atoms with Gasteiger partial charge in [0.1, 0.15) is 11.2 Å². The number of furan rings is 2. The van der Waals surface area contributed by atoms with Crippen LogP contribution in [0, 0.1) is 13.8 Å². The summed E-state index contributed by atoms with van der Waals surface area (Å²) in [5.41, 5.74) is 12.5. The number of allylic oxidation sites excluding steroid dienone is 3. The maximum Gasteiger partial charge on any atom is 0.420 e. The summed E-state index contributed by atoms with van der Waals surface area (Å²) in [5, 5.41) is 5.47. The molecule has 0 radical (unpaired) electrons. The molecule has 0 bridgehead atoms. The molecule has 0 saturated carbocycles. The largest absolute Gasteiger partial charge is 0.453 e. The fraction of sp³-hybridized carbons (Fsp3) is 0.0886. The number of rotatable bonds is 7. The van der Waals surface area contributed by atoms with E-state index in [1.54, 1.807) is 12.1 Å². The average molecular weight is 1190 g/mol. The zero-order valence-corrected chi connectivity index (χ0v) is 48.5. The fourth-order valence-electron chi connectivity index (χ4n) is 15.1. The normalized spacial score (nSPS) is 14.3. The lowest BCUT2D eigenvalue weighted by Crippen LogP contribution is -2.41. The number of benzene rings is 12. The van der Waals surface area contributed by atoms with Gasteiger partial charge in [-0.1, -0.05) is 182 Å². The van der Waals surface area contributed by atoms with Gasteiger partial charge in [-0.15, -0.1) is 0 Å². The van der Waals surface area contributed by atoms with E-state index in [2.05, 4.69) is 136 Å². The fourth-order valence-corrected chi connectivity index (χ4v) is 15.1. The Labute approximate surface area is 512 Å². The van der Waals surface area contributed by atoms with Gasteiger partial charge >= 0.3 is 12.4 Å². The number of anilines is 8. The molecule has 3 aliphatic rings. The molecule has 5 nitrogen and oxygen atoms in total. The smallest absolute Gasteiger partial charge is 0.420 e. The van der Waals surface area contributed by atoms with Gasteiger partial charge in [-0.2, -0.15) is 26.3 Å². The molecule has 2 aromatic heterocycles. The summed E-state index contributed by atoms with van der Waals surface area (Å²) in [7, 11) is 0. The van der Waals surface area contributed by atoms with Crippen molar-refractivity contribution in [3.63, 3.8) is 0 Å². The third-order valence-electron chi connectivity index (χ3n) is 18.7. The molecule has 1 spiro atoms. The Bertz CT molecular complexity index is 5150. The summed E-state index contributed by atoms with van der Waals surface area (Å²) in [5.74, 6) is 0. The second-order valence-electron chi connectivity index (χ2n) is 23.6. The van der Waals surface area contributed by atoms with Crippen LogP contribution in [0.5, 0.6) is 0 Å². The van der Waals surface area contributed by atoms with E-state index in [4.69, 9.17) is 8.83 Å². The van der Waals surface area contributed by atoms with E-state index in [0.29, 0.717) is 44.1 Å². The molecule has 3 heterocycles. The van der Waals surface area contributed by atoms with Crippen LogP contribution in [0.4, 0.5) is 71.8 Å². The van der Waals surface area contributed by atoms with Crippen LogP contribution in [-0.4, -0.2) is 0 Å². The zero-order valence-electron chi connectivity index (χ0n) is 48.5. The second-order valence-corrected chi connectivity index (χ2v) is 23.6. The van der Waals surface area contributed by atoms with Crippen molar-refractivity contribution >= 4 is 111 Å². The van der Waals surface area contributed by atoms with Gasteiger partial charge in [0.15, 0.2) is 11.2 Å². The molecule has 2 aliphatic carbocycles. The highest BCUT2D eigenvalue weighted by atomic mass is 19.4. The summed E-state index contributed by atoms with van der Waals surface area (Å²) in [6, 6.07) is 76.4. The van der Waals surface area contributed by atoms with Crippen molar-refractivity contribution in [3.8, 4) is 11.1 Å². The molecule has 17 rings (SSSR count). The predicted octanol–water partition coefficient (Wildman–Crippen LogP) is 23.5. The number of alkyl halides is 6. The highest BCUT2D eigenvalue weighted by Crippen LogP contribution is 2.68. The van der Waals surface area contributed by atoms with E-state index in [0.717, 1.165) is 131 Å². The quantitative estimate of drug-likeness (QED) is 0.149. The summed E-state index contributed by atoms with van der Waals surface area (Å²) in [6.45, 7) is 4.09. The van der Waals surface area contributed by atoms with Gasteiger partial charge in [-0.05, 0) is 149 Å². The molecule has 436 valence electrons. The van der Waals surface area contributed by atoms with Crippen molar-refractivity contribution in [1.82, 2.24) is 0 Å². The molecule has 0 saturated heterocycles. The van der Waals surface area contributed by atoms with Crippen LogP contribution in [0.3, 0.4) is 0 Å². The number of fused-ring (bicyclic) bond motifs is 19. The monoisotopic (exact) mass is 1190 g/mol. The number of para-hydroxylation sites is 8. The van der Waals surface area contributed by atoms with Crippen molar-refractivity contribution in [2.45, 2.75) is 44.5 Å². The Morgan fingerprint density at radius 1 is 0.367 bits per heavy atom. The number of halogens is 6. The molecular weight excluding hydrogens is 1140 g/mol. The maximum absolute atomic E-state index is 15.0. The Balaban J connectivity index is 1.04. The predicted molar refractivity (Wildman–Crippen MR) is 351 cm³/mol. The minimum absolute atomic E-state index is 0.235. The number of aryl methyl sites for hydroxylation is 2. The Morgan fingerprint density at radius 3 is 1.27 bits per heavy atom. The standard InChI is InChI=1S/C79H51F6N3O2/c1-46-22-6-14-38-63(46)87(67-42-20-32-55-53-30-18-36-59(78(80,81)82)73(53)89-75(55)67)69-44-61-71(51-28-10-8-26-49(51)69)72-52-29-11-9-27-50(52)70(45-62(72)77(61)57-34-12-16-40-65(57)86(48-24-4-3-5-25-48)66-41-17-13-35-58(66)77)88(64-39-15-7-23-47(64)2)68-43-21-33-56-54-31-19-37-60(79(83,84)85)74(54)90-76(56)68/h3-12,14-16,18-45H,13,17H2,1-2H3. The first-order chi connectivity index (χ1) is 43.8. The van der Waals surface area contributed by atoms with E-state index in [1.807, 2.05) is 105 Å². The summed E-state index contributed by atoms with van der Waals surface area (Å²) in [4.78, 5) is 6.72. The van der Waals surface area contributed by atoms with Crippen LogP contribution in [0.15, 0.2) is 269 Å². The molecule has 1 aliphatic heterocycles. The molecule has 12 aromatic carbocycles. The van der Waals surface area contributed by atoms with Crippen LogP contribution in [-0.2, 0) is 17.8 Å². The van der Waals surface area contributed by atoms with Crippen LogP contribution in [0.2, 0.25) is 0 Å². The van der Waals surface area contributed by atoms with Crippen LogP contribution < -0.4 is 14.7 Å². The lowest BCUT2D eigenvalue weighted by atomic mass is 9.62. The lowest BCUT2D eigenvalue weighted by molar-refractivity contribution is -0.137. The van der Waals surface area contributed by atoms with Crippen LogP contribution in [0.1, 0.15) is 51.8 Å². The van der Waals surface area contributed by atoms with Crippen molar-refractivity contribution < 1.29 is 35.2 Å². The lowest BCUT2D eigenvalue weighted by Gasteiger charge is -2.48. The van der Waals surface area contributed by atoms with Crippen LogP contribution >= 0.6 is 0 Å². The van der Waals surface area contributed by atoms with Crippen LogP contribution in [0.25, 0.3) is 76.5 Å². The molecule has 11 heteroatoms. The minimum Gasteiger partial charge on any atom is -0.453 e. The summed E-state index contributed by atoms with van der Waals surface area (Å²) < 4.78 is 103. The maximum atomic E-state index is 15.0. The van der Waals surface area contributed by atoms with E-state index in [9.17, 15) is 0 Å². The Kier molecular flexibility index (Phi) is 11.6. The van der Waals surface area contributed by atoms with Crippen molar-refractivity contribution in [1.29, 1.82) is 0 Å². The van der Waals surface area contributed by atoms with Crippen molar-refractivity contribution in [3.05, 3.63) is 299 Å². The molecule has 14 aromatic rings. The van der Waals surface area contributed by atoms with Gasteiger partial charge in [0.05, 0.1) is 45.0 Å². The van der Waals surface area contributed by atoms with Gasteiger partial charge in [0.2, 0.25) is 0 Å². The van der Waals surface area contributed by atoms with Gasteiger partial charge in [-0.25, -0.2) is 0 Å². The summed E-state index contributed by atoms with van der Waals surface area (Å²) in [6.07, 6.45) is -3.08. The van der Waals surface area contributed by atoms with Gasteiger partial charge < -0.3 is 23.5 Å². The molecule has 0 N–H and O–H groups in total. The first-order valence-electron chi connectivity index (χ1n) is 30.0. The van der Waals surface area contributed by atoms with Gasteiger partial charge in [0.25, 0.3) is 0 Å². The first-order valence-corrected chi connectivity index (χ1v) is 30.0. The third kappa shape index (κ3) is 7.58. The highest BCUT2D eigenvalue weighted by Gasteiger charge is 2.55. The van der Waals surface area contributed by atoms with E-state index in [-0.39, 0.29) is 11.2 Å². The molecule has 0 atom stereocenters. The van der Waals surface area contributed by atoms with Gasteiger partial charge in [0, 0.05) is 55.1 Å². The van der Waals surface area contributed by atoms with Crippen molar-refractivity contribution in [2.75, 3.05) is 14.7 Å². The second kappa shape index (κ2) is 19.6. The molecule has 90 heavy (non-hydrogen) atoms. The summed E-state index contributed by atoms with van der Waals surface area (Å²) >= 11 is 0. The molecule has 0 amide bonds. The number of hydrogen-bond donors (Lipinski definition) is 0. The van der Waals surface area contributed by atoms with E-state index < -0.39 is 28.9 Å². The number of hydrogen-bond acceptors (Lipinski definition) is 5. The molecule has 0 fully saturated rings. The van der Waals surface area contributed by atoms with E-state index >= 15 is 26.3 Å². The third-order valence-corrected chi connectivity index (χ3v) is 18.7. The Morgan fingerprint density at radius 2 is 0.767 bits per heavy atom. The Hall–Kier alpha value is -10.8. The molecular formula is C79H51F6N3O2. The van der Waals surface area contributed by atoms with E-state index in [1.165, 1.54) is 12.1 Å². The molecule has 0 unspecified atom stereocenters. The van der Waals surface area contributed by atoms with Crippen molar-refractivity contribution in [2.24, 2.45) is 0 Å². The van der Waals surface area contributed by atoms with Gasteiger partial charge in [-0.3, -0.25) is 0 Å². The zero-order chi connectivity index (χ0) is 60.9. The minimum atomic E-state index is -4.68. The number of nitrogens with zero attached hydrogens (tertiary/aromatic N) is 3. The first kappa shape index (κ1) is 53.5. The topological polar surface area (TPSA) is 36.0 Å². The highest BCUT2D eigenvalue weighted by molar-refractivity contribution is 6.21. The SMILES string of the molecule is Cc1ccccc1N(c1cc2c(c3ccccc13)-c1c(cc(N(c3ccccc3C)c3cccc4c3oc3c(C(F)(F)F)cccc34)c3ccccc13)C21C2=CCCC=C2N(c2ccccc2)c2ccccc21)c1cccc2c1oc1c(C(F)(F)F)cccc12.